The highest BCUT2D eigenvalue weighted by Crippen LogP contribution is 2.20. The Labute approximate surface area is 59.8 Å². The normalized spacial score (nSPS) is 32.4. The van der Waals surface area contributed by atoms with Crippen molar-refractivity contribution in [3.63, 3.8) is 0 Å². The molecule has 0 aliphatic carbocycles. The first-order chi connectivity index (χ1) is 4.79. The van der Waals surface area contributed by atoms with Gasteiger partial charge in [-0.2, -0.15) is 0 Å². The lowest BCUT2D eigenvalue weighted by Gasteiger charge is -2.08. The summed E-state index contributed by atoms with van der Waals surface area (Å²) in [6.45, 7) is 2.06. The Bertz CT molecular complexity index is 138. The second kappa shape index (κ2) is 2.99. The van der Waals surface area contributed by atoms with E-state index < -0.39 is 0 Å². The molecule has 1 rings (SSSR count). The lowest BCUT2D eigenvalue weighted by Crippen LogP contribution is -2.19. The fourth-order valence-corrected chi connectivity index (χ4v) is 1.40. The van der Waals surface area contributed by atoms with Crippen LogP contribution in [0.1, 0.15) is 13.3 Å². The van der Waals surface area contributed by atoms with E-state index in [1.54, 1.807) is 0 Å². The van der Waals surface area contributed by atoms with Crippen LogP contribution in [-0.4, -0.2) is 19.1 Å². The number of alkyl halides is 1. The van der Waals surface area contributed by atoms with Crippen LogP contribution in [0.3, 0.4) is 0 Å². The SMILES string of the molecule is CCC1C(=O)NCC1CF. The van der Waals surface area contributed by atoms with Crippen LogP contribution in [0.15, 0.2) is 0 Å². The van der Waals surface area contributed by atoms with Gasteiger partial charge in [0, 0.05) is 18.4 Å². The smallest absolute Gasteiger partial charge is 0.223 e. The largest absolute Gasteiger partial charge is 0.355 e. The van der Waals surface area contributed by atoms with Gasteiger partial charge in [-0.05, 0) is 6.42 Å². The summed E-state index contributed by atoms with van der Waals surface area (Å²) in [4.78, 5) is 10.9. The summed E-state index contributed by atoms with van der Waals surface area (Å²) < 4.78 is 12.1. The first-order valence-electron chi connectivity index (χ1n) is 3.63. The highest BCUT2D eigenvalue weighted by atomic mass is 19.1. The van der Waals surface area contributed by atoms with E-state index in [-0.39, 0.29) is 24.4 Å². The lowest BCUT2D eigenvalue weighted by atomic mass is 9.94. The van der Waals surface area contributed by atoms with Crippen molar-refractivity contribution in [3.05, 3.63) is 0 Å². The molecular weight excluding hydrogens is 133 g/mol. The third-order valence-electron chi connectivity index (χ3n) is 2.08. The molecule has 0 spiro atoms. The number of carbonyl (C=O) groups is 1. The molecule has 1 fully saturated rings. The van der Waals surface area contributed by atoms with Gasteiger partial charge in [0.1, 0.15) is 0 Å². The number of nitrogens with one attached hydrogen (secondary N) is 1. The Balaban J connectivity index is 2.54. The van der Waals surface area contributed by atoms with E-state index in [4.69, 9.17) is 0 Å². The maximum atomic E-state index is 12.1. The van der Waals surface area contributed by atoms with E-state index in [1.165, 1.54) is 0 Å². The predicted molar refractivity (Wildman–Crippen MR) is 36.3 cm³/mol. The molecule has 1 heterocycles. The summed E-state index contributed by atoms with van der Waals surface area (Å²) >= 11 is 0. The van der Waals surface area contributed by atoms with Crippen LogP contribution in [-0.2, 0) is 4.79 Å². The van der Waals surface area contributed by atoms with Crippen LogP contribution in [0.4, 0.5) is 4.39 Å². The zero-order chi connectivity index (χ0) is 7.56. The molecule has 0 saturated carbocycles. The molecule has 2 unspecified atom stereocenters. The molecule has 1 amide bonds. The zero-order valence-corrected chi connectivity index (χ0v) is 6.06. The Kier molecular flexibility index (Phi) is 2.25. The maximum absolute atomic E-state index is 12.1. The molecule has 1 N–H and O–H groups in total. The van der Waals surface area contributed by atoms with Gasteiger partial charge in [0.25, 0.3) is 0 Å². The summed E-state index contributed by atoms with van der Waals surface area (Å²) in [6, 6.07) is 0. The van der Waals surface area contributed by atoms with Crippen LogP contribution in [0.25, 0.3) is 0 Å². The van der Waals surface area contributed by atoms with E-state index in [1.807, 2.05) is 6.92 Å². The van der Waals surface area contributed by atoms with Gasteiger partial charge < -0.3 is 5.32 Å². The Morgan fingerprint density at radius 1 is 1.80 bits per heavy atom. The van der Waals surface area contributed by atoms with Gasteiger partial charge >= 0.3 is 0 Å². The zero-order valence-electron chi connectivity index (χ0n) is 6.06. The molecule has 58 valence electrons. The van der Waals surface area contributed by atoms with Crippen molar-refractivity contribution < 1.29 is 9.18 Å². The van der Waals surface area contributed by atoms with Gasteiger partial charge in [-0.15, -0.1) is 0 Å². The standard InChI is InChI=1S/C7H12FNO/c1-2-6-5(3-8)4-9-7(6)10/h5-6H,2-4H2,1H3,(H,9,10). The minimum atomic E-state index is -0.378. The number of hydrogen-bond donors (Lipinski definition) is 1. The van der Waals surface area contributed by atoms with Crippen molar-refractivity contribution in [2.45, 2.75) is 13.3 Å². The monoisotopic (exact) mass is 145 g/mol. The molecule has 0 aromatic carbocycles. The summed E-state index contributed by atoms with van der Waals surface area (Å²) in [5.74, 6) is -0.132. The van der Waals surface area contributed by atoms with Gasteiger partial charge in [-0.3, -0.25) is 9.18 Å². The quantitative estimate of drug-likeness (QED) is 0.609. The van der Waals surface area contributed by atoms with Gasteiger partial charge in [-0.25, -0.2) is 0 Å². The average Bonchev–Trinajstić information content (AvgIpc) is 2.30. The third kappa shape index (κ3) is 1.13. The molecule has 1 aliphatic heterocycles. The van der Waals surface area contributed by atoms with Crippen molar-refractivity contribution >= 4 is 5.91 Å². The molecular formula is C7H12FNO. The predicted octanol–water partition coefficient (Wildman–Crippen LogP) is 0.728. The van der Waals surface area contributed by atoms with Crippen molar-refractivity contribution in [2.24, 2.45) is 11.8 Å². The molecule has 2 nitrogen and oxygen atoms in total. The molecule has 0 bridgehead atoms. The van der Waals surface area contributed by atoms with Crippen LogP contribution in [0.2, 0.25) is 0 Å². The summed E-state index contributed by atoms with van der Waals surface area (Å²) in [7, 11) is 0. The van der Waals surface area contributed by atoms with Crippen molar-refractivity contribution in [2.75, 3.05) is 13.2 Å². The molecule has 1 saturated heterocycles. The molecule has 0 radical (unpaired) electrons. The number of halogens is 1. The summed E-state index contributed by atoms with van der Waals surface area (Å²) in [5, 5.41) is 2.64. The van der Waals surface area contributed by atoms with Crippen LogP contribution < -0.4 is 5.32 Å². The van der Waals surface area contributed by atoms with Crippen molar-refractivity contribution in [1.82, 2.24) is 5.32 Å². The number of rotatable bonds is 2. The molecule has 2 atom stereocenters. The first kappa shape index (κ1) is 7.51. The van der Waals surface area contributed by atoms with Gasteiger partial charge in [0.15, 0.2) is 0 Å². The Morgan fingerprint density at radius 3 is 2.90 bits per heavy atom. The molecule has 10 heavy (non-hydrogen) atoms. The second-order valence-electron chi connectivity index (χ2n) is 2.67. The van der Waals surface area contributed by atoms with Crippen molar-refractivity contribution in [3.8, 4) is 0 Å². The topological polar surface area (TPSA) is 29.1 Å². The van der Waals surface area contributed by atoms with E-state index in [0.717, 1.165) is 6.42 Å². The molecule has 3 heteroatoms. The Morgan fingerprint density at radius 2 is 2.50 bits per heavy atom. The first-order valence-corrected chi connectivity index (χ1v) is 3.63. The number of amides is 1. The Hall–Kier alpha value is -0.600. The minimum Gasteiger partial charge on any atom is -0.355 e. The third-order valence-corrected chi connectivity index (χ3v) is 2.08. The second-order valence-corrected chi connectivity index (χ2v) is 2.67. The van der Waals surface area contributed by atoms with Crippen LogP contribution in [0, 0.1) is 11.8 Å². The highest BCUT2D eigenvalue weighted by Gasteiger charge is 2.32. The van der Waals surface area contributed by atoms with Crippen LogP contribution >= 0.6 is 0 Å². The molecule has 0 aromatic rings. The van der Waals surface area contributed by atoms with Crippen molar-refractivity contribution in [1.29, 1.82) is 0 Å². The van der Waals surface area contributed by atoms with E-state index in [0.29, 0.717) is 6.54 Å². The number of carbonyl (C=O) groups excluding carboxylic acids is 1. The fourth-order valence-electron chi connectivity index (χ4n) is 1.40. The molecule has 0 aromatic heterocycles. The minimum absolute atomic E-state index is 0.0187. The summed E-state index contributed by atoms with van der Waals surface area (Å²) in [5.41, 5.74) is 0. The summed E-state index contributed by atoms with van der Waals surface area (Å²) in [6.07, 6.45) is 0.750. The van der Waals surface area contributed by atoms with E-state index in [2.05, 4.69) is 5.32 Å². The van der Waals surface area contributed by atoms with Gasteiger partial charge in [-0.1, -0.05) is 6.92 Å². The molecule has 1 aliphatic rings. The van der Waals surface area contributed by atoms with Crippen LogP contribution in [0.5, 0.6) is 0 Å². The maximum Gasteiger partial charge on any atom is 0.223 e. The fraction of sp³-hybridized carbons (Fsp3) is 0.857. The van der Waals surface area contributed by atoms with E-state index >= 15 is 0 Å². The highest BCUT2D eigenvalue weighted by molar-refractivity contribution is 5.81. The average molecular weight is 145 g/mol. The number of hydrogen-bond acceptors (Lipinski definition) is 1. The van der Waals surface area contributed by atoms with E-state index in [9.17, 15) is 9.18 Å². The van der Waals surface area contributed by atoms with Gasteiger partial charge in [0.2, 0.25) is 5.91 Å². The lowest BCUT2D eigenvalue weighted by molar-refractivity contribution is -0.123. The van der Waals surface area contributed by atoms with Gasteiger partial charge in [0.05, 0.1) is 6.67 Å².